The van der Waals surface area contributed by atoms with Crippen molar-refractivity contribution in [3.63, 3.8) is 0 Å². The predicted molar refractivity (Wildman–Crippen MR) is 95.4 cm³/mol. The van der Waals surface area contributed by atoms with E-state index < -0.39 is 0 Å². The van der Waals surface area contributed by atoms with Gasteiger partial charge in [-0.05, 0) is 36.1 Å². The van der Waals surface area contributed by atoms with Crippen LogP contribution < -0.4 is 4.74 Å². The SMILES string of the molecule is Cc1ccccc1C(=O)Oc1cccc2ccc3cccnc3c12. The molecule has 3 heteroatoms. The van der Waals surface area contributed by atoms with E-state index in [2.05, 4.69) is 4.98 Å². The molecule has 3 aromatic carbocycles. The summed E-state index contributed by atoms with van der Waals surface area (Å²) in [4.78, 5) is 17.0. The van der Waals surface area contributed by atoms with Crippen LogP contribution in [-0.2, 0) is 0 Å². The number of esters is 1. The van der Waals surface area contributed by atoms with Gasteiger partial charge in [0.15, 0.2) is 0 Å². The third-order valence-electron chi connectivity index (χ3n) is 4.14. The number of hydrogen-bond donors (Lipinski definition) is 0. The Morgan fingerprint density at radius 1 is 0.875 bits per heavy atom. The van der Waals surface area contributed by atoms with Gasteiger partial charge in [-0.2, -0.15) is 0 Å². The molecule has 4 rings (SSSR count). The van der Waals surface area contributed by atoms with Crippen LogP contribution in [0.5, 0.6) is 5.75 Å². The maximum atomic E-state index is 12.6. The molecule has 0 aliphatic heterocycles. The smallest absolute Gasteiger partial charge is 0.343 e. The zero-order chi connectivity index (χ0) is 16.5. The maximum absolute atomic E-state index is 12.6. The van der Waals surface area contributed by atoms with E-state index in [4.69, 9.17) is 4.74 Å². The van der Waals surface area contributed by atoms with Crippen molar-refractivity contribution >= 4 is 27.6 Å². The van der Waals surface area contributed by atoms with Crippen molar-refractivity contribution in [2.75, 3.05) is 0 Å². The van der Waals surface area contributed by atoms with Crippen molar-refractivity contribution in [3.8, 4) is 5.75 Å². The van der Waals surface area contributed by atoms with Crippen molar-refractivity contribution < 1.29 is 9.53 Å². The lowest BCUT2D eigenvalue weighted by Gasteiger charge is -2.11. The summed E-state index contributed by atoms with van der Waals surface area (Å²) in [6.45, 7) is 1.90. The Balaban J connectivity index is 1.86. The fourth-order valence-electron chi connectivity index (χ4n) is 2.92. The minimum atomic E-state index is -0.353. The molecule has 0 N–H and O–H groups in total. The van der Waals surface area contributed by atoms with Crippen molar-refractivity contribution in [2.24, 2.45) is 0 Å². The number of hydrogen-bond acceptors (Lipinski definition) is 3. The van der Waals surface area contributed by atoms with Gasteiger partial charge in [0, 0.05) is 11.6 Å². The predicted octanol–water partition coefficient (Wildman–Crippen LogP) is 4.92. The average Bonchev–Trinajstić information content (AvgIpc) is 2.62. The highest BCUT2D eigenvalue weighted by molar-refractivity contribution is 6.09. The minimum Gasteiger partial charge on any atom is -0.422 e. The van der Waals surface area contributed by atoms with Crippen LogP contribution in [0.1, 0.15) is 15.9 Å². The summed E-state index contributed by atoms with van der Waals surface area (Å²) in [5, 5.41) is 2.87. The molecule has 0 saturated carbocycles. The lowest BCUT2D eigenvalue weighted by molar-refractivity contribution is 0.0736. The van der Waals surface area contributed by atoms with Gasteiger partial charge >= 0.3 is 5.97 Å². The van der Waals surface area contributed by atoms with Crippen molar-refractivity contribution in [3.05, 3.63) is 84.1 Å². The van der Waals surface area contributed by atoms with E-state index >= 15 is 0 Å². The van der Waals surface area contributed by atoms with E-state index in [1.807, 2.05) is 67.6 Å². The molecular formula is C21H15NO2. The number of ether oxygens (including phenoxy) is 1. The normalized spacial score (nSPS) is 10.9. The number of nitrogens with zero attached hydrogens (tertiary/aromatic N) is 1. The fraction of sp³-hybridized carbons (Fsp3) is 0.0476. The molecule has 0 fully saturated rings. The lowest BCUT2D eigenvalue weighted by Crippen LogP contribution is -2.10. The zero-order valence-electron chi connectivity index (χ0n) is 13.2. The number of benzene rings is 3. The summed E-state index contributed by atoms with van der Waals surface area (Å²) in [5.74, 6) is 0.179. The van der Waals surface area contributed by atoms with E-state index in [9.17, 15) is 4.79 Å². The first kappa shape index (κ1) is 14.4. The Bertz CT molecular complexity index is 1070. The molecule has 0 radical (unpaired) electrons. The second-order valence-corrected chi connectivity index (χ2v) is 5.70. The van der Waals surface area contributed by atoms with Crippen LogP contribution in [0.15, 0.2) is 72.9 Å². The van der Waals surface area contributed by atoms with Gasteiger partial charge in [0.25, 0.3) is 0 Å². The second-order valence-electron chi connectivity index (χ2n) is 5.70. The van der Waals surface area contributed by atoms with Crippen LogP contribution >= 0.6 is 0 Å². The van der Waals surface area contributed by atoms with Crippen LogP contribution in [0, 0.1) is 6.92 Å². The summed E-state index contributed by atoms with van der Waals surface area (Å²) in [7, 11) is 0. The number of carbonyl (C=O) groups excluding carboxylic acids is 1. The van der Waals surface area contributed by atoms with Gasteiger partial charge in [-0.15, -0.1) is 0 Å². The first-order valence-corrected chi connectivity index (χ1v) is 7.78. The van der Waals surface area contributed by atoms with Gasteiger partial charge in [0.2, 0.25) is 0 Å². The highest BCUT2D eigenvalue weighted by atomic mass is 16.5. The second kappa shape index (κ2) is 5.78. The van der Waals surface area contributed by atoms with Crippen molar-refractivity contribution in [1.29, 1.82) is 0 Å². The number of carbonyl (C=O) groups is 1. The van der Waals surface area contributed by atoms with Crippen LogP contribution in [0.3, 0.4) is 0 Å². The molecule has 1 heterocycles. The summed E-state index contributed by atoms with van der Waals surface area (Å²) in [6.07, 6.45) is 1.75. The Morgan fingerprint density at radius 3 is 2.54 bits per heavy atom. The molecule has 4 aromatic rings. The third kappa shape index (κ3) is 2.40. The molecule has 0 amide bonds. The highest BCUT2D eigenvalue weighted by Crippen LogP contribution is 2.32. The van der Waals surface area contributed by atoms with Crippen LogP contribution in [0.4, 0.5) is 0 Å². The van der Waals surface area contributed by atoms with E-state index in [0.29, 0.717) is 11.3 Å². The Kier molecular flexibility index (Phi) is 3.47. The van der Waals surface area contributed by atoms with Gasteiger partial charge in [-0.25, -0.2) is 4.79 Å². The maximum Gasteiger partial charge on any atom is 0.343 e. The molecule has 3 nitrogen and oxygen atoms in total. The topological polar surface area (TPSA) is 39.2 Å². The molecule has 116 valence electrons. The molecule has 0 unspecified atom stereocenters. The van der Waals surface area contributed by atoms with Crippen LogP contribution in [0.25, 0.3) is 21.7 Å². The summed E-state index contributed by atoms with van der Waals surface area (Å²) in [6, 6.07) is 21.1. The largest absolute Gasteiger partial charge is 0.422 e. The Labute approximate surface area is 139 Å². The molecule has 0 aliphatic rings. The standard InChI is InChI=1S/C21H15NO2/c1-14-6-2-3-9-17(14)21(23)24-18-10-4-7-15-11-12-16-8-5-13-22-20(16)19(15)18/h2-13H,1H3. The van der Waals surface area contributed by atoms with E-state index in [-0.39, 0.29) is 5.97 Å². The van der Waals surface area contributed by atoms with Crippen molar-refractivity contribution in [1.82, 2.24) is 4.98 Å². The molecule has 0 bridgehead atoms. The lowest BCUT2D eigenvalue weighted by atomic mass is 10.1. The molecule has 0 aliphatic carbocycles. The van der Waals surface area contributed by atoms with Gasteiger partial charge in [0.1, 0.15) is 5.75 Å². The zero-order valence-corrected chi connectivity index (χ0v) is 13.2. The van der Waals surface area contributed by atoms with Gasteiger partial charge in [0.05, 0.1) is 16.5 Å². The van der Waals surface area contributed by atoms with Crippen LogP contribution in [-0.4, -0.2) is 11.0 Å². The summed E-state index contributed by atoms with van der Waals surface area (Å²) < 4.78 is 5.72. The average molecular weight is 313 g/mol. The first-order chi connectivity index (χ1) is 11.7. The molecule has 0 atom stereocenters. The number of fused-ring (bicyclic) bond motifs is 3. The molecular weight excluding hydrogens is 298 g/mol. The minimum absolute atomic E-state index is 0.353. The summed E-state index contributed by atoms with van der Waals surface area (Å²) >= 11 is 0. The van der Waals surface area contributed by atoms with Gasteiger partial charge in [-0.3, -0.25) is 4.98 Å². The number of aromatic nitrogens is 1. The van der Waals surface area contributed by atoms with Gasteiger partial charge in [-0.1, -0.05) is 48.5 Å². The van der Waals surface area contributed by atoms with Crippen molar-refractivity contribution in [2.45, 2.75) is 6.92 Å². The number of pyridine rings is 1. The Hall–Kier alpha value is -3.20. The Morgan fingerprint density at radius 2 is 1.67 bits per heavy atom. The molecule has 0 saturated heterocycles. The quantitative estimate of drug-likeness (QED) is 0.300. The highest BCUT2D eigenvalue weighted by Gasteiger charge is 2.14. The van der Waals surface area contributed by atoms with E-state index in [1.165, 1.54) is 0 Å². The number of aryl methyl sites for hydroxylation is 1. The fourth-order valence-corrected chi connectivity index (χ4v) is 2.92. The molecule has 0 spiro atoms. The number of rotatable bonds is 2. The molecule has 24 heavy (non-hydrogen) atoms. The first-order valence-electron chi connectivity index (χ1n) is 7.78. The molecule has 1 aromatic heterocycles. The monoisotopic (exact) mass is 313 g/mol. The summed E-state index contributed by atoms with van der Waals surface area (Å²) in [5.41, 5.74) is 2.30. The van der Waals surface area contributed by atoms with Gasteiger partial charge < -0.3 is 4.74 Å². The van der Waals surface area contributed by atoms with Crippen LogP contribution in [0.2, 0.25) is 0 Å². The van der Waals surface area contributed by atoms with E-state index in [1.54, 1.807) is 12.3 Å². The third-order valence-corrected chi connectivity index (χ3v) is 4.14. The van der Waals surface area contributed by atoms with E-state index in [0.717, 1.165) is 27.2 Å².